The third-order valence-corrected chi connectivity index (χ3v) is 4.32. The Morgan fingerprint density at radius 3 is 2.75 bits per heavy atom. The van der Waals surface area contributed by atoms with Crippen LogP contribution in [0, 0.1) is 5.92 Å². The lowest BCUT2D eigenvalue weighted by molar-refractivity contribution is 0.0759. The van der Waals surface area contributed by atoms with Crippen LogP contribution in [-0.4, -0.2) is 40.9 Å². The molecule has 1 aliphatic rings. The fourth-order valence-corrected chi connectivity index (χ4v) is 3.01. The van der Waals surface area contributed by atoms with Gasteiger partial charge in [0, 0.05) is 23.9 Å². The lowest BCUT2D eigenvalue weighted by Crippen LogP contribution is -2.30. The zero-order chi connectivity index (χ0) is 14.7. The van der Waals surface area contributed by atoms with Gasteiger partial charge >= 0.3 is 0 Å². The van der Waals surface area contributed by atoms with Crippen LogP contribution < -0.4 is 0 Å². The van der Waals surface area contributed by atoms with Crippen LogP contribution in [0.5, 0.6) is 0 Å². The average Bonchev–Trinajstić information content (AvgIpc) is 2.87. The Kier molecular flexibility index (Phi) is 4.99. The molecule has 0 aromatic heterocycles. The molecule has 0 saturated carbocycles. The van der Waals surface area contributed by atoms with Crippen molar-refractivity contribution < 1.29 is 18.7 Å². The number of likely N-dealkylation sites (tertiary alicyclic amines) is 1. The molecule has 1 heterocycles. The van der Waals surface area contributed by atoms with Gasteiger partial charge in [-0.25, -0.2) is 0 Å². The summed E-state index contributed by atoms with van der Waals surface area (Å²) in [7, 11) is 0. The maximum atomic E-state index is 12.5. The number of carbonyl (C=O) groups excluding carboxylic acids is 1. The minimum absolute atomic E-state index is 0.0638. The van der Waals surface area contributed by atoms with Gasteiger partial charge in [0.1, 0.15) is 0 Å². The number of nitrogens with zero attached hydrogens (tertiary/aromatic N) is 1. The Labute approximate surface area is 121 Å². The van der Waals surface area contributed by atoms with Gasteiger partial charge in [0.05, 0.1) is 11.7 Å². The predicted molar refractivity (Wildman–Crippen MR) is 74.0 cm³/mol. The molecule has 2 rings (SSSR count). The van der Waals surface area contributed by atoms with E-state index < -0.39 is 11.9 Å². The number of rotatable bonds is 4. The van der Waals surface area contributed by atoms with Gasteiger partial charge in [-0.3, -0.25) is 4.79 Å². The fourth-order valence-electron chi connectivity index (χ4n) is 2.38. The van der Waals surface area contributed by atoms with Crippen LogP contribution in [0.25, 0.3) is 0 Å². The molecule has 1 aromatic carbocycles. The normalized spacial score (nSPS) is 20.4. The van der Waals surface area contributed by atoms with E-state index in [-0.39, 0.29) is 11.8 Å². The second-order valence-electron chi connectivity index (χ2n) is 4.92. The van der Waals surface area contributed by atoms with Crippen molar-refractivity contribution in [1.29, 1.82) is 0 Å². The van der Waals surface area contributed by atoms with E-state index in [1.165, 1.54) is 6.07 Å². The molecule has 3 nitrogen and oxygen atoms in total. The molecule has 1 N–H and O–H groups in total. The van der Waals surface area contributed by atoms with Crippen molar-refractivity contribution in [1.82, 2.24) is 4.90 Å². The zero-order valence-corrected chi connectivity index (χ0v) is 11.9. The van der Waals surface area contributed by atoms with Crippen LogP contribution in [0.3, 0.4) is 0 Å². The number of aliphatic hydroxyl groups excluding tert-OH is 1. The highest BCUT2D eigenvalue weighted by atomic mass is 32.2. The van der Waals surface area contributed by atoms with Crippen molar-refractivity contribution in [3.63, 3.8) is 0 Å². The molecule has 0 aliphatic carbocycles. The molecule has 1 fully saturated rings. The Morgan fingerprint density at radius 1 is 1.45 bits per heavy atom. The van der Waals surface area contributed by atoms with Crippen molar-refractivity contribution in [3.8, 4) is 0 Å². The van der Waals surface area contributed by atoms with Gasteiger partial charge in [0.15, 0.2) is 0 Å². The van der Waals surface area contributed by atoms with Gasteiger partial charge in [-0.15, -0.1) is 0 Å². The molecular weight excluding hydrogens is 284 g/mol. The van der Waals surface area contributed by atoms with Gasteiger partial charge < -0.3 is 10.0 Å². The van der Waals surface area contributed by atoms with Gasteiger partial charge in [0.25, 0.3) is 11.7 Å². The van der Waals surface area contributed by atoms with Crippen LogP contribution >= 0.6 is 11.8 Å². The maximum absolute atomic E-state index is 12.5. The first-order chi connectivity index (χ1) is 9.49. The van der Waals surface area contributed by atoms with E-state index in [0.29, 0.717) is 35.3 Å². The lowest BCUT2D eigenvalue weighted by Gasteiger charge is -2.19. The fraction of sp³-hybridized carbons (Fsp3) is 0.500. The van der Waals surface area contributed by atoms with E-state index >= 15 is 0 Å². The molecule has 2 atom stereocenters. The van der Waals surface area contributed by atoms with E-state index in [4.69, 9.17) is 0 Å². The molecular formula is C14H17F2NO2S. The van der Waals surface area contributed by atoms with E-state index in [1.54, 1.807) is 30.0 Å². The van der Waals surface area contributed by atoms with E-state index in [9.17, 15) is 18.7 Å². The topological polar surface area (TPSA) is 40.5 Å². The van der Waals surface area contributed by atoms with E-state index in [0.717, 1.165) is 6.42 Å². The highest BCUT2D eigenvalue weighted by Gasteiger charge is 2.30. The molecule has 1 amide bonds. The van der Waals surface area contributed by atoms with Gasteiger partial charge in [-0.05, 0) is 25.5 Å². The van der Waals surface area contributed by atoms with Crippen molar-refractivity contribution >= 4 is 17.7 Å². The van der Waals surface area contributed by atoms with Crippen molar-refractivity contribution in [2.45, 2.75) is 30.1 Å². The number of aliphatic hydroxyl groups is 1. The summed E-state index contributed by atoms with van der Waals surface area (Å²) in [6, 6.07) is 6.42. The van der Waals surface area contributed by atoms with Crippen LogP contribution in [0.4, 0.5) is 8.78 Å². The molecule has 1 aliphatic heterocycles. The number of carbonyl (C=O) groups is 1. The second-order valence-corrected chi connectivity index (χ2v) is 5.95. The predicted octanol–water partition coefficient (Wildman–Crippen LogP) is 2.84. The van der Waals surface area contributed by atoms with E-state index in [1.807, 2.05) is 0 Å². The summed E-state index contributed by atoms with van der Waals surface area (Å²) in [5.41, 5.74) is 0.309. The monoisotopic (exact) mass is 301 g/mol. The maximum Gasteiger partial charge on any atom is 0.288 e. The van der Waals surface area contributed by atoms with Crippen molar-refractivity contribution in [3.05, 3.63) is 29.8 Å². The first-order valence-electron chi connectivity index (χ1n) is 6.50. The van der Waals surface area contributed by atoms with Crippen LogP contribution in [0.1, 0.15) is 23.7 Å². The molecule has 0 spiro atoms. The summed E-state index contributed by atoms with van der Waals surface area (Å²) >= 11 is 0.389. The molecule has 2 unspecified atom stereocenters. The molecule has 0 radical (unpaired) electrons. The van der Waals surface area contributed by atoms with Crippen molar-refractivity contribution in [2.75, 3.05) is 13.1 Å². The minimum atomic E-state index is -2.55. The molecule has 110 valence electrons. The summed E-state index contributed by atoms with van der Waals surface area (Å²) < 4.78 is 25.0. The second kappa shape index (κ2) is 6.54. The lowest BCUT2D eigenvalue weighted by atomic mass is 10.0. The van der Waals surface area contributed by atoms with Crippen LogP contribution in [0.15, 0.2) is 29.2 Å². The highest BCUT2D eigenvalue weighted by molar-refractivity contribution is 7.99. The van der Waals surface area contributed by atoms with Gasteiger partial charge in [0.2, 0.25) is 0 Å². The SMILES string of the molecule is CC(O)C1CCN(C(=O)c2ccccc2SC(F)F)C1. The minimum Gasteiger partial charge on any atom is -0.393 e. The smallest absolute Gasteiger partial charge is 0.288 e. The largest absolute Gasteiger partial charge is 0.393 e. The number of amides is 1. The summed E-state index contributed by atoms with van der Waals surface area (Å²) in [6.45, 7) is 2.74. The molecule has 20 heavy (non-hydrogen) atoms. The molecule has 1 aromatic rings. The number of halogens is 2. The van der Waals surface area contributed by atoms with E-state index in [2.05, 4.69) is 0 Å². The zero-order valence-electron chi connectivity index (χ0n) is 11.1. The Balaban J connectivity index is 2.14. The Hall–Kier alpha value is -1.14. The molecule has 0 bridgehead atoms. The quantitative estimate of drug-likeness (QED) is 0.869. The van der Waals surface area contributed by atoms with Gasteiger partial charge in [-0.2, -0.15) is 8.78 Å². The third kappa shape index (κ3) is 3.49. The average molecular weight is 301 g/mol. The highest BCUT2D eigenvalue weighted by Crippen LogP contribution is 2.30. The molecule has 6 heteroatoms. The summed E-state index contributed by atoms with van der Waals surface area (Å²) in [5, 5.41) is 9.55. The number of benzene rings is 1. The Morgan fingerprint density at radius 2 is 2.15 bits per heavy atom. The van der Waals surface area contributed by atoms with Crippen LogP contribution in [-0.2, 0) is 0 Å². The first-order valence-corrected chi connectivity index (χ1v) is 7.38. The van der Waals surface area contributed by atoms with Crippen molar-refractivity contribution in [2.24, 2.45) is 5.92 Å². The summed E-state index contributed by atoms with van der Waals surface area (Å²) in [4.78, 5) is 14.3. The third-order valence-electron chi connectivity index (χ3n) is 3.53. The summed E-state index contributed by atoms with van der Waals surface area (Å²) in [5.74, 6) is -2.72. The number of thioether (sulfide) groups is 1. The molecule has 1 saturated heterocycles. The van der Waals surface area contributed by atoms with Crippen LogP contribution in [0.2, 0.25) is 0 Å². The van der Waals surface area contributed by atoms with Gasteiger partial charge in [-0.1, -0.05) is 23.9 Å². The summed E-state index contributed by atoms with van der Waals surface area (Å²) in [6.07, 6.45) is 0.284. The number of alkyl halides is 2. The number of hydrogen-bond acceptors (Lipinski definition) is 3. The Bertz CT molecular complexity index is 482. The first kappa shape index (κ1) is 15.3. The standard InChI is InChI=1S/C14H17F2NO2S/c1-9(18)10-6-7-17(8-10)13(19)11-4-2-3-5-12(11)20-14(15)16/h2-5,9-10,14,18H,6-8H2,1H3. The number of hydrogen-bond donors (Lipinski definition) is 1.